The van der Waals surface area contributed by atoms with Crippen LogP contribution in [0.2, 0.25) is 0 Å². The Bertz CT molecular complexity index is 871. The molecule has 1 fully saturated rings. The first-order chi connectivity index (χ1) is 14.1. The van der Waals surface area contributed by atoms with Crippen LogP contribution in [0.5, 0.6) is 5.75 Å². The van der Waals surface area contributed by atoms with E-state index in [1.807, 2.05) is 20.8 Å². The van der Waals surface area contributed by atoms with Gasteiger partial charge in [0.15, 0.2) is 11.6 Å². The molecule has 0 radical (unpaired) electrons. The maximum absolute atomic E-state index is 13.2. The summed E-state index contributed by atoms with van der Waals surface area (Å²) in [5.74, 6) is -1.18. The lowest BCUT2D eigenvalue weighted by Gasteiger charge is -2.29. The van der Waals surface area contributed by atoms with Crippen LogP contribution in [-0.2, 0) is 9.59 Å². The Hall–Kier alpha value is -2.54. The predicted molar refractivity (Wildman–Crippen MR) is 111 cm³/mol. The number of nitrogens with two attached hydrogens (primary N) is 1. The number of Topliss-reactive ketones (excluding diaryl/α,β-unsaturated/α-hetero) is 2. The zero-order valence-electron chi connectivity index (χ0n) is 17.8. The number of ketones is 2. The third-order valence-electron chi connectivity index (χ3n) is 6.12. The molecule has 3 rings (SSSR count). The minimum atomic E-state index is -0.489. The van der Waals surface area contributed by atoms with Gasteiger partial charge in [0, 0.05) is 36.3 Å². The smallest absolute Gasteiger partial charge is 0.229 e. The van der Waals surface area contributed by atoms with E-state index >= 15 is 0 Å². The van der Waals surface area contributed by atoms with Crippen molar-refractivity contribution >= 4 is 23.4 Å². The standard InChI is InChI=1S/C23H30N2O5/c1-23(2,3)18(24)12-30-17-6-4-5-15-16(26)11-14(21(28)20(15)17)8-7-13-9-10-19(27)25-22(13)29/h4-6,13-14,18H,7-12,24H2,1-3H3,(H,25,27,29)/t13?,14?,18-/m1/s1. The number of fused-ring (bicyclic) bond motifs is 1. The molecule has 1 aliphatic heterocycles. The minimum Gasteiger partial charge on any atom is -0.491 e. The number of carbonyl (C=O) groups is 4. The van der Waals surface area contributed by atoms with Crippen LogP contribution in [0.1, 0.15) is 73.6 Å². The summed E-state index contributed by atoms with van der Waals surface area (Å²) in [7, 11) is 0. The summed E-state index contributed by atoms with van der Waals surface area (Å²) in [5, 5.41) is 2.34. The van der Waals surface area contributed by atoms with E-state index < -0.39 is 5.92 Å². The maximum Gasteiger partial charge on any atom is 0.229 e. The molecule has 3 N–H and O–H groups in total. The molecule has 1 aliphatic carbocycles. The van der Waals surface area contributed by atoms with Gasteiger partial charge in [-0.05, 0) is 30.7 Å². The maximum atomic E-state index is 13.2. The van der Waals surface area contributed by atoms with E-state index in [1.165, 1.54) is 0 Å². The molecule has 1 aromatic rings. The molecule has 1 heterocycles. The summed E-state index contributed by atoms with van der Waals surface area (Å²) in [5.41, 5.74) is 6.74. The third kappa shape index (κ3) is 4.78. The molecule has 1 saturated heterocycles. The van der Waals surface area contributed by atoms with Crippen LogP contribution < -0.4 is 15.8 Å². The molecule has 162 valence electrons. The summed E-state index contributed by atoms with van der Waals surface area (Å²) >= 11 is 0. The lowest BCUT2D eigenvalue weighted by Crippen LogP contribution is -2.41. The molecule has 7 heteroatoms. The number of carbonyl (C=O) groups excluding carboxylic acids is 4. The molecular formula is C23H30N2O5. The van der Waals surface area contributed by atoms with Crippen LogP contribution in [0, 0.1) is 17.3 Å². The van der Waals surface area contributed by atoms with Gasteiger partial charge in [0.25, 0.3) is 0 Å². The van der Waals surface area contributed by atoms with Crippen LogP contribution in [0.25, 0.3) is 0 Å². The van der Waals surface area contributed by atoms with E-state index in [0.717, 1.165) is 0 Å². The highest BCUT2D eigenvalue weighted by molar-refractivity contribution is 6.16. The van der Waals surface area contributed by atoms with E-state index in [0.29, 0.717) is 42.6 Å². The van der Waals surface area contributed by atoms with Crippen molar-refractivity contribution in [2.24, 2.45) is 23.0 Å². The van der Waals surface area contributed by atoms with Gasteiger partial charge in [-0.15, -0.1) is 0 Å². The van der Waals surface area contributed by atoms with Crippen molar-refractivity contribution in [2.75, 3.05) is 6.61 Å². The Labute approximate surface area is 176 Å². The Morgan fingerprint density at radius 1 is 1.13 bits per heavy atom. The summed E-state index contributed by atoms with van der Waals surface area (Å²) in [4.78, 5) is 49.2. The first kappa shape index (κ1) is 22.2. The molecule has 0 bridgehead atoms. The van der Waals surface area contributed by atoms with Crippen molar-refractivity contribution in [3.05, 3.63) is 29.3 Å². The normalized spacial score (nSPS) is 23.1. The van der Waals surface area contributed by atoms with Crippen LogP contribution in [-0.4, -0.2) is 36.0 Å². The molecule has 2 aliphatic rings. The average Bonchev–Trinajstić information content (AvgIpc) is 2.67. The molecule has 2 amide bonds. The minimum absolute atomic E-state index is 0.0940. The molecule has 1 aromatic carbocycles. The van der Waals surface area contributed by atoms with Crippen LogP contribution in [0.15, 0.2) is 18.2 Å². The lowest BCUT2D eigenvalue weighted by molar-refractivity contribution is -0.136. The SMILES string of the molecule is CC(C)(C)[C@H](N)COc1cccc2c1C(=O)C(CCC1CCC(=O)NC1=O)CC2=O. The predicted octanol–water partition coefficient (Wildman–Crippen LogP) is 2.66. The van der Waals surface area contributed by atoms with E-state index in [2.05, 4.69) is 5.32 Å². The first-order valence-corrected chi connectivity index (χ1v) is 10.5. The highest BCUT2D eigenvalue weighted by Crippen LogP contribution is 2.35. The van der Waals surface area contributed by atoms with Gasteiger partial charge in [-0.1, -0.05) is 32.9 Å². The molecule has 3 atom stereocenters. The number of rotatable bonds is 6. The van der Waals surface area contributed by atoms with Crippen molar-refractivity contribution in [1.82, 2.24) is 5.32 Å². The number of hydrogen-bond acceptors (Lipinski definition) is 6. The first-order valence-electron chi connectivity index (χ1n) is 10.5. The summed E-state index contributed by atoms with van der Waals surface area (Å²) < 4.78 is 5.88. The summed E-state index contributed by atoms with van der Waals surface area (Å²) in [6.45, 7) is 6.28. The fourth-order valence-corrected chi connectivity index (χ4v) is 3.85. The summed E-state index contributed by atoms with van der Waals surface area (Å²) in [6.07, 6.45) is 1.81. The second-order valence-electron chi connectivity index (χ2n) is 9.38. The van der Waals surface area contributed by atoms with Crippen molar-refractivity contribution in [1.29, 1.82) is 0 Å². The Morgan fingerprint density at radius 3 is 2.50 bits per heavy atom. The second kappa shape index (κ2) is 8.68. The Morgan fingerprint density at radius 2 is 1.83 bits per heavy atom. The average molecular weight is 415 g/mol. The topological polar surface area (TPSA) is 116 Å². The molecule has 7 nitrogen and oxygen atoms in total. The van der Waals surface area contributed by atoms with Crippen LogP contribution in [0.3, 0.4) is 0 Å². The number of imide groups is 1. The van der Waals surface area contributed by atoms with Crippen LogP contribution in [0.4, 0.5) is 0 Å². The van der Waals surface area contributed by atoms with Crippen molar-refractivity contribution < 1.29 is 23.9 Å². The zero-order chi connectivity index (χ0) is 22.1. The van der Waals surface area contributed by atoms with Crippen molar-refractivity contribution in [3.63, 3.8) is 0 Å². The highest BCUT2D eigenvalue weighted by Gasteiger charge is 2.36. The highest BCUT2D eigenvalue weighted by atomic mass is 16.5. The molecule has 2 unspecified atom stereocenters. The third-order valence-corrected chi connectivity index (χ3v) is 6.12. The monoisotopic (exact) mass is 414 g/mol. The number of hydrogen-bond donors (Lipinski definition) is 2. The summed E-state index contributed by atoms with van der Waals surface area (Å²) in [6, 6.07) is 4.84. The van der Waals surface area contributed by atoms with Gasteiger partial charge in [0.1, 0.15) is 12.4 Å². The van der Waals surface area contributed by atoms with Crippen molar-refractivity contribution in [3.8, 4) is 5.75 Å². The van der Waals surface area contributed by atoms with Gasteiger partial charge in [0.05, 0.1) is 5.56 Å². The quantitative estimate of drug-likeness (QED) is 0.692. The fraction of sp³-hybridized carbons (Fsp3) is 0.565. The van der Waals surface area contributed by atoms with Crippen LogP contribution >= 0.6 is 0 Å². The Kier molecular flexibility index (Phi) is 6.41. The van der Waals surface area contributed by atoms with Gasteiger partial charge in [-0.3, -0.25) is 24.5 Å². The lowest BCUT2D eigenvalue weighted by atomic mass is 9.77. The molecule has 30 heavy (non-hydrogen) atoms. The van der Waals surface area contributed by atoms with E-state index in [9.17, 15) is 19.2 Å². The van der Waals surface area contributed by atoms with Gasteiger partial charge in [0.2, 0.25) is 11.8 Å². The Balaban J connectivity index is 1.73. The number of ether oxygens (including phenoxy) is 1. The number of amides is 2. The van der Waals surface area contributed by atoms with E-state index in [1.54, 1.807) is 18.2 Å². The number of piperidine rings is 1. The van der Waals surface area contributed by atoms with E-state index in [-0.39, 0.29) is 53.8 Å². The van der Waals surface area contributed by atoms with Crippen molar-refractivity contribution in [2.45, 2.75) is 58.9 Å². The fourth-order valence-electron chi connectivity index (χ4n) is 3.85. The number of benzene rings is 1. The zero-order valence-corrected chi connectivity index (χ0v) is 17.8. The molecular weight excluding hydrogens is 384 g/mol. The number of nitrogens with one attached hydrogen (secondary N) is 1. The van der Waals surface area contributed by atoms with Gasteiger partial charge >= 0.3 is 0 Å². The van der Waals surface area contributed by atoms with Gasteiger partial charge < -0.3 is 10.5 Å². The van der Waals surface area contributed by atoms with Gasteiger partial charge in [-0.25, -0.2) is 0 Å². The second-order valence-corrected chi connectivity index (χ2v) is 9.38. The molecule has 0 spiro atoms. The molecule has 0 saturated carbocycles. The largest absolute Gasteiger partial charge is 0.491 e. The van der Waals surface area contributed by atoms with Gasteiger partial charge in [-0.2, -0.15) is 0 Å². The van der Waals surface area contributed by atoms with E-state index in [4.69, 9.17) is 10.5 Å². The molecule has 0 aromatic heterocycles.